The van der Waals surface area contributed by atoms with Crippen molar-refractivity contribution in [2.24, 2.45) is 11.8 Å². The Labute approximate surface area is 68.7 Å². The van der Waals surface area contributed by atoms with Crippen molar-refractivity contribution in [2.45, 2.75) is 20.0 Å². The van der Waals surface area contributed by atoms with Crippen molar-refractivity contribution in [2.75, 3.05) is 0 Å². The van der Waals surface area contributed by atoms with Gasteiger partial charge in [0.2, 0.25) is 0 Å². The molecular formula is C10H16O. The second-order valence-electron chi connectivity index (χ2n) is 2.78. The Hall–Kier alpha value is -0.780. The summed E-state index contributed by atoms with van der Waals surface area (Å²) < 4.78 is 0. The molecule has 0 aromatic carbocycles. The Morgan fingerprint density at radius 2 is 2.00 bits per heavy atom. The van der Waals surface area contributed by atoms with E-state index in [4.69, 9.17) is 0 Å². The number of hydrogen-bond donors (Lipinski definition) is 1. The minimum atomic E-state index is -0.355. The quantitative estimate of drug-likeness (QED) is 0.483. The van der Waals surface area contributed by atoms with Gasteiger partial charge in [0, 0.05) is 5.92 Å². The van der Waals surface area contributed by atoms with Crippen LogP contribution in [0.25, 0.3) is 0 Å². The van der Waals surface area contributed by atoms with Crippen molar-refractivity contribution in [3.63, 3.8) is 0 Å². The summed E-state index contributed by atoms with van der Waals surface area (Å²) in [5.41, 5.74) is 2.70. The van der Waals surface area contributed by atoms with Crippen molar-refractivity contribution < 1.29 is 5.11 Å². The largest absolute Gasteiger partial charge is 0.393 e. The first-order valence-electron chi connectivity index (χ1n) is 3.80. The zero-order valence-electron chi connectivity index (χ0n) is 7.25. The van der Waals surface area contributed by atoms with Crippen molar-refractivity contribution >= 4 is 0 Å². The van der Waals surface area contributed by atoms with Crippen LogP contribution in [-0.2, 0) is 0 Å². The van der Waals surface area contributed by atoms with E-state index in [-0.39, 0.29) is 17.9 Å². The highest BCUT2D eigenvalue weighted by Gasteiger charge is 2.15. The van der Waals surface area contributed by atoms with Gasteiger partial charge in [-0.25, -0.2) is 0 Å². The molecule has 0 spiro atoms. The third-order valence-corrected chi connectivity index (χ3v) is 1.82. The first kappa shape index (κ1) is 10.2. The molecule has 11 heavy (non-hydrogen) atoms. The normalized spacial score (nSPS) is 17.7. The van der Waals surface area contributed by atoms with E-state index in [9.17, 15) is 5.11 Å². The summed E-state index contributed by atoms with van der Waals surface area (Å²) in [4.78, 5) is 0. The molecule has 0 aliphatic heterocycles. The Balaban J connectivity index is 4.24. The number of aliphatic hydroxyl groups is 1. The van der Waals surface area contributed by atoms with Gasteiger partial charge in [0.15, 0.2) is 0 Å². The van der Waals surface area contributed by atoms with Crippen LogP contribution in [-0.4, -0.2) is 11.2 Å². The van der Waals surface area contributed by atoms with Crippen LogP contribution >= 0.6 is 0 Å². The third-order valence-electron chi connectivity index (χ3n) is 1.82. The van der Waals surface area contributed by atoms with E-state index in [1.807, 2.05) is 13.0 Å². The lowest BCUT2D eigenvalue weighted by molar-refractivity contribution is 0.131. The minimum Gasteiger partial charge on any atom is -0.393 e. The van der Waals surface area contributed by atoms with Crippen LogP contribution < -0.4 is 0 Å². The maximum Gasteiger partial charge on any atom is 0.0580 e. The Morgan fingerprint density at radius 1 is 1.45 bits per heavy atom. The van der Waals surface area contributed by atoms with Gasteiger partial charge in [-0.2, -0.15) is 0 Å². The number of aliphatic hydroxyl groups excluding tert-OH is 1. The average Bonchev–Trinajstić information content (AvgIpc) is 1.88. The highest BCUT2D eigenvalue weighted by molar-refractivity contribution is 4.95. The van der Waals surface area contributed by atoms with Gasteiger partial charge < -0.3 is 5.11 Å². The summed E-state index contributed by atoms with van der Waals surface area (Å²) in [7, 11) is 0. The number of allylic oxidation sites excluding steroid dienone is 1. The van der Waals surface area contributed by atoms with Crippen molar-refractivity contribution in [3.8, 4) is 0 Å². The predicted octanol–water partition coefficient (Wildman–Crippen LogP) is 2.15. The summed E-state index contributed by atoms with van der Waals surface area (Å²) in [6.45, 7) is 10.9. The molecule has 62 valence electrons. The van der Waals surface area contributed by atoms with E-state index in [1.165, 1.54) is 0 Å². The zero-order chi connectivity index (χ0) is 8.85. The van der Waals surface area contributed by atoms with Crippen LogP contribution in [0.2, 0.25) is 0 Å². The highest BCUT2D eigenvalue weighted by atomic mass is 16.3. The fourth-order valence-electron chi connectivity index (χ4n) is 1.15. The number of hydrogen-bond acceptors (Lipinski definition) is 1. The van der Waals surface area contributed by atoms with E-state index < -0.39 is 0 Å². The molecule has 0 rings (SSSR count). The van der Waals surface area contributed by atoms with Crippen LogP contribution in [0.4, 0.5) is 0 Å². The molecular weight excluding hydrogens is 136 g/mol. The maximum atomic E-state index is 9.27. The molecule has 0 aromatic heterocycles. The van der Waals surface area contributed by atoms with Gasteiger partial charge in [-0.3, -0.25) is 0 Å². The molecule has 0 bridgehead atoms. The Kier molecular flexibility index (Phi) is 4.60. The molecule has 1 heteroatoms. The van der Waals surface area contributed by atoms with E-state index in [0.29, 0.717) is 0 Å². The standard InChI is InChI=1S/C10H16O/c1-5-7-8(3)10(6-2)9(4)11/h6-11H,1-2H2,3-4H3. The first-order chi connectivity index (χ1) is 5.13. The fourth-order valence-corrected chi connectivity index (χ4v) is 1.15. The second kappa shape index (κ2) is 4.95. The van der Waals surface area contributed by atoms with Gasteiger partial charge in [-0.1, -0.05) is 19.6 Å². The van der Waals surface area contributed by atoms with Crippen molar-refractivity contribution in [1.82, 2.24) is 0 Å². The molecule has 3 atom stereocenters. The van der Waals surface area contributed by atoms with E-state index in [0.717, 1.165) is 0 Å². The molecule has 3 unspecified atom stereocenters. The predicted molar refractivity (Wildman–Crippen MR) is 48.2 cm³/mol. The molecule has 0 fully saturated rings. The maximum absolute atomic E-state index is 9.27. The van der Waals surface area contributed by atoms with Crippen LogP contribution in [0.1, 0.15) is 13.8 Å². The van der Waals surface area contributed by atoms with Gasteiger partial charge in [0.1, 0.15) is 0 Å². The molecule has 0 aromatic rings. The molecule has 0 radical (unpaired) electrons. The summed E-state index contributed by atoms with van der Waals surface area (Å²) in [5, 5.41) is 9.27. The van der Waals surface area contributed by atoms with Gasteiger partial charge in [0.25, 0.3) is 0 Å². The van der Waals surface area contributed by atoms with Gasteiger partial charge in [0.05, 0.1) is 6.10 Å². The molecule has 0 saturated carbocycles. The van der Waals surface area contributed by atoms with E-state index in [1.54, 1.807) is 13.0 Å². The number of rotatable bonds is 4. The van der Waals surface area contributed by atoms with Crippen LogP contribution in [0.15, 0.2) is 31.0 Å². The topological polar surface area (TPSA) is 20.2 Å². The van der Waals surface area contributed by atoms with E-state index >= 15 is 0 Å². The Morgan fingerprint density at radius 3 is 2.27 bits per heavy atom. The van der Waals surface area contributed by atoms with Gasteiger partial charge in [-0.05, 0) is 18.9 Å². The van der Waals surface area contributed by atoms with Crippen molar-refractivity contribution in [1.29, 1.82) is 0 Å². The zero-order valence-corrected chi connectivity index (χ0v) is 7.25. The summed E-state index contributed by atoms with van der Waals surface area (Å²) >= 11 is 0. The lowest BCUT2D eigenvalue weighted by atomic mass is 9.90. The lowest BCUT2D eigenvalue weighted by Gasteiger charge is -2.19. The van der Waals surface area contributed by atoms with Crippen LogP contribution in [0.3, 0.4) is 0 Å². The average molecular weight is 152 g/mol. The molecule has 0 aliphatic rings. The molecule has 0 aliphatic carbocycles. The lowest BCUT2D eigenvalue weighted by Crippen LogP contribution is -2.20. The summed E-state index contributed by atoms with van der Waals surface area (Å²) in [6.07, 6.45) is 3.26. The monoisotopic (exact) mass is 152 g/mol. The van der Waals surface area contributed by atoms with Gasteiger partial charge >= 0.3 is 0 Å². The molecule has 1 N–H and O–H groups in total. The molecule has 0 heterocycles. The van der Waals surface area contributed by atoms with Gasteiger partial charge in [-0.15, -0.1) is 12.3 Å². The highest BCUT2D eigenvalue weighted by Crippen LogP contribution is 2.17. The summed E-state index contributed by atoms with van der Waals surface area (Å²) in [6, 6.07) is 0. The third kappa shape index (κ3) is 3.22. The fraction of sp³-hybridized carbons (Fsp3) is 0.500. The molecule has 0 saturated heterocycles. The minimum absolute atomic E-state index is 0.101. The van der Waals surface area contributed by atoms with Crippen LogP contribution in [0.5, 0.6) is 0 Å². The van der Waals surface area contributed by atoms with Crippen molar-refractivity contribution in [3.05, 3.63) is 31.0 Å². The molecule has 0 amide bonds. The second-order valence-corrected chi connectivity index (χ2v) is 2.78. The smallest absolute Gasteiger partial charge is 0.0580 e. The van der Waals surface area contributed by atoms with Crippen LogP contribution in [0, 0.1) is 11.8 Å². The molecule has 1 nitrogen and oxygen atoms in total. The van der Waals surface area contributed by atoms with E-state index in [2.05, 4.69) is 18.9 Å². The summed E-state index contributed by atoms with van der Waals surface area (Å²) in [5.74, 6) is 0.356. The Bertz CT molecular complexity index is 164. The SMILES string of the molecule is C=C=CC(C)C(C=C)C(C)O. The first-order valence-corrected chi connectivity index (χ1v) is 3.80.